The van der Waals surface area contributed by atoms with Crippen molar-refractivity contribution in [2.75, 3.05) is 0 Å². The van der Waals surface area contributed by atoms with Crippen LogP contribution in [0.1, 0.15) is 22.1 Å². The molecule has 0 radical (unpaired) electrons. The summed E-state index contributed by atoms with van der Waals surface area (Å²) < 4.78 is 15.5. The summed E-state index contributed by atoms with van der Waals surface area (Å²) in [6.07, 6.45) is 2.26. The van der Waals surface area contributed by atoms with E-state index in [2.05, 4.69) is 0 Å². The molecule has 0 unspecified atom stereocenters. The molecule has 0 aliphatic rings. The number of ether oxygens (including phenoxy) is 1. The van der Waals surface area contributed by atoms with Crippen LogP contribution in [0.25, 0.3) is 0 Å². The predicted molar refractivity (Wildman–Crippen MR) is 51.3 cm³/mol. The van der Waals surface area contributed by atoms with E-state index in [1.54, 1.807) is 24.5 Å². The molecule has 2 aromatic heterocycles. The molecule has 0 saturated carbocycles. The van der Waals surface area contributed by atoms with Crippen molar-refractivity contribution < 1.29 is 18.4 Å². The highest BCUT2D eigenvalue weighted by atomic mass is 16.5. The fourth-order valence-electron chi connectivity index (χ4n) is 1.18. The Kier molecular flexibility index (Phi) is 2.99. The fraction of sp³-hybridized carbons (Fsp3) is 0.182. The zero-order valence-corrected chi connectivity index (χ0v) is 8.01. The Morgan fingerprint density at radius 1 is 1.20 bits per heavy atom. The number of furan rings is 2. The van der Waals surface area contributed by atoms with Crippen molar-refractivity contribution in [1.29, 1.82) is 0 Å². The summed E-state index contributed by atoms with van der Waals surface area (Å²) in [4.78, 5) is 10.3. The van der Waals surface area contributed by atoms with Gasteiger partial charge in [0.1, 0.15) is 24.7 Å². The van der Waals surface area contributed by atoms with Crippen LogP contribution in [-0.2, 0) is 18.0 Å². The van der Waals surface area contributed by atoms with Gasteiger partial charge in [0.2, 0.25) is 0 Å². The summed E-state index contributed by atoms with van der Waals surface area (Å²) in [5.74, 6) is 1.70. The lowest BCUT2D eigenvalue weighted by molar-refractivity contribution is 0.0791. The molecule has 0 N–H and O–H groups in total. The molecule has 0 amide bonds. The minimum absolute atomic E-state index is 0.312. The molecule has 0 saturated heterocycles. The first-order valence-electron chi connectivity index (χ1n) is 4.52. The lowest BCUT2D eigenvalue weighted by Crippen LogP contribution is -1.91. The smallest absolute Gasteiger partial charge is 0.185 e. The van der Waals surface area contributed by atoms with Gasteiger partial charge < -0.3 is 13.6 Å². The molecule has 2 rings (SSSR count). The van der Waals surface area contributed by atoms with Crippen molar-refractivity contribution in [3.8, 4) is 0 Å². The van der Waals surface area contributed by atoms with Crippen LogP contribution in [0.2, 0.25) is 0 Å². The van der Waals surface area contributed by atoms with Crippen molar-refractivity contribution in [2.24, 2.45) is 0 Å². The molecule has 4 heteroatoms. The Hall–Kier alpha value is -1.81. The molecule has 0 aliphatic heterocycles. The van der Waals surface area contributed by atoms with Gasteiger partial charge in [0.25, 0.3) is 0 Å². The Morgan fingerprint density at radius 2 is 2.07 bits per heavy atom. The summed E-state index contributed by atoms with van der Waals surface area (Å²) in [5.41, 5.74) is 0. The second kappa shape index (κ2) is 4.61. The van der Waals surface area contributed by atoms with Gasteiger partial charge in [0, 0.05) is 0 Å². The summed E-state index contributed by atoms with van der Waals surface area (Å²) >= 11 is 0. The van der Waals surface area contributed by atoms with E-state index < -0.39 is 0 Å². The van der Waals surface area contributed by atoms with Gasteiger partial charge in [-0.3, -0.25) is 4.79 Å². The summed E-state index contributed by atoms with van der Waals surface area (Å²) in [6.45, 7) is 0.721. The summed E-state index contributed by atoms with van der Waals surface area (Å²) in [6, 6.07) is 6.96. The Balaban J connectivity index is 1.80. The Labute approximate surface area is 86.4 Å². The second-order valence-corrected chi connectivity index (χ2v) is 2.99. The average Bonchev–Trinajstić information content (AvgIpc) is 2.88. The lowest BCUT2D eigenvalue weighted by atomic mass is 10.4. The van der Waals surface area contributed by atoms with Crippen LogP contribution in [0.4, 0.5) is 0 Å². The number of hydrogen-bond acceptors (Lipinski definition) is 4. The number of carbonyl (C=O) groups excluding carboxylic acids is 1. The maximum absolute atomic E-state index is 10.3. The van der Waals surface area contributed by atoms with Gasteiger partial charge >= 0.3 is 0 Å². The van der Waals surface area contributed by atoms with Crippen LogP contribution in [0.5, 0.6) is 0 Å². The van der Waals surface area contributed by atoms with Gasteiger partial charge in [-0.1, -0.05) is 0 Å². The Bertz CT molecular complexity index is 413. The molecule has 0 spiro atoms. The van der Waals surface area contributed by atoms with Crippen molar-refractivity contribution in [3.05, 3.63) is 47.8 Å². The molecule has 2 heterocycles. The molecule has 0 bridgehead atoms. The van der Waals surface area contributed by atoms with E-state index in [1.165, 1.54) is 0 Å². The van der Waals surface area contributed by atoms with Gasteiger partial charge in [0.05, 0.1) is 6.26 Å². The lowest BCUT2D eigenvalue weighted by Gasteiger charge is -1.98. The minimum atomic E-state index is 0.312. The highest BCUT2D eigenvalue weighted by Crippen LogP contribution is 2.09. The quantitative estimate of drug-likeness (QED) is 0.705. The van der Waals surface area contributed by atoms with Crippen LogP contribution in [0, 0.1) is 0 Å². The molecular weight excluding hydrogens is 196 g/mol. The van der Waals surface area contributed by atoms with Crippen molar-refractivity contribution >= 4 is 6.29 Å². The third kappa shape index (κ3) is 2.57. The van der Waals surface area contributed by atoms with Crippen molar-refractivity contribution in [1.82, 2.24) is 0 Å². The normalized spacial score (nSPS) is 10.4. The monoisotopic (exact) mass is 206 g/mol. The van der Waals surface area contributed by atoms with Crippen LogP contribution in [0.15, 0.2) is 39.4 Å². The first-order valence-corrected chi connectivity index (χ1v) is 4.52. The zero-order chi connectivity index (χ0) is 10.5. The second-order valence-electron chi connectivity index (χ2n) is 2.99. The first-order chi connectivity index (χ1) is 7.38. The number of hydrogen-bond donors (Lipinski definition) is 0. The predicted octanol–water partition coefficient (Wildman–Crippen LogP) is 2.40. The molecule has 2 aromatic rings. The summed E-state index contributed by atoms with van der Waals surface area (Å²) in [7, 11) is 0. The average molecular weight is 206 g/mol. The maximum atomic E-state index is 10.3. The van der Waals surface area contributed by atoms with E-state index in [9.17, 15) is 4.79 Å². The molecule has 0 fully saturated rings. The molecular formula is C11H10O4. The van der Waals surface area contributed by atoms with E-state index in [0.717, 1.165) is 5.76 Å². The van der Waals surface area contributed by atoms with Crippen LogP contribution < -0.4 is 0 Å². The minimum Gasteiger partial charge on any atom is -0.467 e. The molecule has 15 heavy (non-hydrogen) atoms. The fourth-order valence-corrected chi connectivity index (χ4v) is 1.18. The van der Waals surface area contributed by atoms with E-state index >= 15 is 0 Å². The van der Waals surface area contributed by atoms with E-state index in [0.29, 0.717) is 31.0 Å². The highest BCUT2D eigenvalue weighted by Gasteiger charge is 2.01. The maximum Gasteiger partial charge on any atom is 0.185 e. The van der Waals surface area contributed by atoms with Gasteiger partial charge in [-0.15, -0.1) is 0 Å². The van der Waals surface area contributed by atoms with Crippen molar-refractivity contribution in [3.63, 3.8) is 0 Å². The number of aldehydes is 1. The van der Waals surface area contributed by atoms with Crippen LogP contribution in [-0.4, -0.2) is 6.29 Å². The number of carbonyl (C=O) groups is 1. The van der Waals surface area contributed by atoms with Crippen LogP contribution in [0.3, 0.4) is 0 Å². The molecule has 0 aromatic carbocycles. The van der Waals surface area contributed by atoms with E-state index in [-0.39, 0.29) is 0 Å². The third-order valence-electron chi connectivity index (χ3n) is 1.87. The molecule has 0 aliphatic carbocycles. The van der Waals surface area contributed by atoms with Gasteiger partial charge in [-0.25, -0.2) is 0 Å². The van der Waals surface area contributed by atoms with Gasteiger partial charge in [-0.2, -0.15) is 0 Å². The van der Waals surface area contributed by atoms with E-state index in [1.807, 2.05) is 6.07 Å². The Morgan fingerprint density at radius 3 is 2.73 bits per heavy atom. The molecule has 4 nitrogen and oxygen atoms in total. The van der Waals surface area contributed by atoms with Crippen molar-refractivity contribution in [2.45, 2.75) is 13.2 Å². The van der Waals surface area contributed by atoms with Crippen LogP contribution >= 0.6 is 0 Å². The third-order valence-corrected chi connectivity index (χ3v) is 1.87. The topological polar surface area (TPSA) is 52.6 Å². The molecule has 0 atom stereocenters. The molecule has 78 valence electrons. The zero-order valence-electron chi connectivity index (χ0n) is 8.01. The number of rotatable bonds is 5. The SMILES string of the molecule is O=Cc1ccc(COCc2ccco2)o1. The van der Waals surface area contributed by atoms with Gasteiger partial charge in [-0.05, 0) is 24.3 Å². The first kappa shape index (κ1) is 9.73. The highest BCUT2D eigenvalue weighted by molar-refractivity contribution is 5.70. The standard InChI is InChI=1S/C11H10O4/c12-6-9-3-4-11(15-9)8-13-7-10-2-1-5-14-10/h1-6H,7-8H2. The largest absolute Gasteiger partial charge is 0.467 e. The summed E-state index contributed by atoms with van der Waals surface area (Å²) in [5, 5.41) is 0. The van der Waals surface area contributed by atoms with E-state index in [4.69, 9.17) is 13.6 Å². The van der Waals surface area contributed by atoms with Gasteiger partial charge in [0.15, 0.2) is 12.0 Å².